The van der Waals surface area contributed by atoms with Gasteiger partial charge in [0.1, 0.15) is 0 Å². The lowest BCUT2D eigenvalue weighted by Crippen LogP contribution is -2.37. The molecule has 3 heteroatoms. The second kappa shape index (κ2) is 4.35. The molecule has 1 aromatic rings. The first-order valence-corrected chi connectivity index (χ1v) is 6.67. The van der Waals surface area contributed by atoms with E-state index >= 15 is 0 Å². The number of nitrogens with one attached hydrogen (secondary N) is 2. The lowest BCUT2D eigenvalue weighted by atomic mass is 9.70. The number of H-pyrrole nitrogens is 1. The van der Waals surface area contributed by atoms with E-state index in [1.807, 2.05) is 0 Å². The van der Waals surface area contributed by atoms with Crippen molar-refractivity contribution in [1.82, 2.24) is 10.2 Å². The second-order valence-electron chi connectivity index (χ2n) is 6.44. The SMILES string of the molecule is Cc1n[nH]c(C)c1NC1CCC(C)(C)CC1C. The average Bonchev–Trinajstić information content (AvgIpc) is 2.52. The van der Waals surface area contributed by atoms with Crippen molar-refractivity contribution >= 4 is 5.69 Å². The van der Waals surface area contributed by atoms with E-state index in [-0.39, 0.29) is 0 Å². The summed E-state index contributed by atoms with van der Waals surface area (Å²) >= 11 is 0. The van der Waals surface area contributed by atoms with E-state index in [1.165, 1.54) is 24.9 Å². The van der Waals surface area contributed by atoms with Gasteiger partial charge in [0.25, 0.3) is 0 Å². The van der Waals surface area contributed by atoms with Crippen molar-refractivity contribution < 1.29 is 0 Å². The minimum atomic E-state index is 0.512. The summed E-state index contributed by atoms with van der Waals surface area (Å²) in [6, 6.07) is 0.595. The van der Waals surface area contributed by atoms with E-state index in [4.69, 9.17) is 0 Å². The number of aromatic amines is 1. The normalized spacial score (nSPS) is 28.1. The third kappa shape index (κ3) is 2.64. The van der Waals surface area contributed by atoms with Crippen LogP contribution in [0.5, 0.6) is 0 Å². The molecule has 2 atom stereocenters. The van der Waals surface area contributed by atoms with Crippen molar-refractivity contribution in [1.29, 1.82) is 0 Å². The number of aromatic nitrogens is 2. The first kappa shape index (κ1) is 12.5. The molecule has 0 radical (unpaired) electrons. The maximum absolute atomic E-state index is 4.25. The van der Waals surface area contributed by atoms with Crippen molar-refractivity contribution in [3.05, 3.63) is 11.4 Å². The summed E-state index contributed by atoms with van der Waals surface area (Å²) in [6.45, 7) is 11.3. The molecule has 1 aliphatic rings. The van der Waals surface area contributed by atoms with Crippen LogP contribution in [0.4, 0.5) is 5.69 Å². The molecule has 96 valence electrons. The smallest absolute Gasteiger partial charge is 0.0825 e. The summed E-state index contributed by atoms with van der Waals surface area (Å²) in [4.78, 5) is 0. The van der Waals surface area contributed by atoms with Crippen molar-refractivity contribution in [3.63, 3.8) is 0 Å². The van der Waals surface area contributed by atoms with Crippen LogP contribution in [0, 0.1) is 25.2 Å². The fourth-order valence-corrected chi connectivity index (χ4v) is 3.11. The molecular weight excluding hydrogens is 210 g/mol. The summed E-state index contributed by atoms with van der Waals surface area (Å²) in [7, 11) is 0. The van der Waals surface area contributed by atoms with Crippen LogP contribution in [0.2, 0.25) is 0 Å². The lowest BCUT2D eigenvalue weighted by Gasteiger charge is -2.40. The predicted octanol–water partition coefficient (Wildman–Crippen LogP) is 3.65. The maximum atomic E-state index is 4.25. The number of hydrogen-bond acceptors (Lipinski definition) is 2. The Morgan fingerprint density at radius 3 is 2.59 bits per heavy atom. The van der Waals surface area contributed by atoms with E-state index in [0.29, 0.717) is 11.5 Å². The Hall–Kier alpha value is -0.990. The number of aryl methyl sites for hydroxylation is 2. The van der Waals surface area contributed by atoms with Crippen LogP contribution in [0.3, 0.4) is 0 Å². The van der Waals surface area contributed by atoms with E-state index in [1.54, 1.807) is 0 Å². The van der Waals surface area contributed by atoms with Crippen LogP contribution in [0.15, 0.2) is 0 Å². The maximum Gasteiger partial charge on any atom is 0.0825 e. The summed E-state index contributed by atoms with van der Waals surface area (Å²) in [5.74, 6) is 0.729. The van der Waals surface area contributed by atoms with Gasteiger partial charge in [-0.3, -0.25) is 5.10 Å². The lowest BCUT2D eigenvalue weighted by molar-refractivity contribution is 0.177. The largest absolute Gasteiger partial charge is 0.379 e. The van der Waals surface area contributed by atoms with Gasteiger partial charge in [-0.25, -0.2) is 0 Å². The minimum absolute atomic E-state index is 0.512. The van der Waals surface area contributed by atoms with Crippen LogP contribution < -0.4 is 5.32 Å². The zero-order valence-electron chi connectivity index (χ0n) is 11.7. The highest BCUT2D eigenvalue weighted by Gasteiger charge is 2.32. The van der Waals surface area contributed by atoms with Gasteiger partial charge in [0.2, 0.25) is 0 Å². The van der Waals surface area contributed by atoms with Gasteiger partial charge < -0.3 is 5.32 Å². The Kier molecular flexibility index (Phi) is 3.19. The van der Waals surface area contributed by atoms with Gasteiger partial charge in [0, 0.05) is 6.04 Å². The summed E-state index contributed by atoms with van der Waals surface area (Å²) in [5.41, 5.74) is 3.96. The molecule has 0 amide bonds. The Morgan fingerprint density at radius 2 is 2.06 bits per heavy atom. The average molecular weight is 235 g/mol. The van der Waals surface area contributed by atoms with Crippen molar-refractivity contribution in [2.24, 2.45) is 11.3 Å². The van der Waals surface area contributed by atoms with E-state index in [9.17, 15) is 0 Å². The van der Waals surface area contributed by atoms with Gasteiger partial charge >= 0.3 is 0 Å². The third-order valence-electron chi connectivity index (χ3n) is 4.15. The molecule has 1 heterocycles. The zero-order chi connectivity index (χ0) is 12.6. The van der Waals surface area contributed by atoms with Crippen LogP contribution in [0.25, 0.3) is 0 Å². The van der Waals surface area contributed by atoms with Gasteiger partial charge in [-0.05, 0) is 44.4 Å². The van der Waals surface area contributed by atoms with Gasteiger partial charge in [0.15, 0.2) is 0 Å². The van der Waals surface area contributed by atoms with Gasteiger partial charge in [0.05, 0.1) is 17.1 Å². The molecular formula is C14H25N3. The first-order valence-electron chi connectivity index (χ1n) is 6.67. The van der Waals surface area contributed by atoms with E-state index in [2.05, 4.69) is 50.1 Å². The zero-order valence-corrected chi connectivity index (χ0v) is 11.7. The summed E-state index contributed by atoms with van der Waals surface area (Å²) < 4.78 is 0. The standard InChI is InChI=1S/C14H25N3/c1-9-8-14(4,5)7-6-12(9)15-13-10(2)16-17-11(13)3/h9,12,15H,6-8H2,1-5H3,(H,16,17). The highest BCUT2D eigenvalue weighted by Crippen LogP contribution is 2.39. The predicted molar refractivity (Wildman–Crippen MR) is 72.3 cm³/mol. The highest BCUT2D eigenvalue weighted by atomic mass is 15.2. The number of hydrogen-bond donors (Lipinski definition) is 2. The van der Waals surface area contributed by atoms with Crippen LogP contribution in [0.1, 0.15) is 51.4 Å². The van der Waals surface area contributed by atoms with Crippen LogP contribution in [-0.4, -0.2) is 16.2 Å². The van der Waals surface area contributed by atoms with Gasteiger partial charge in [-0.2, -0.15) is 5.10 Å². The Labute approximate surface area is 104 Å². The van der Waals surface area contributed by atoms with Gasteiger partial charge in [-0.1, -0.05) is 20.8 Å². The van der Waals surface area contributed by atoms with Gasteiger partial charge in [-0.15, -0.1) is 0 Å². The number of nitrogens with zero attached hydrogens (tertiary/aromatic N) is 1. The monoisotopic (exact) mass is 235 g/mol. The molecule has 2 N–H and O–H groups in total. The Balaban J connectivity index is 2.06. The molecule has 0 bridgehead atoms. The van der Waals surface area contributed by atoms with Crippen LogP contribution >= 0.6 is 0 Å². The molecule has 2 unspecified atom stereocenters. The molecule has 1 aliphatic carbocycles. The van der Waals surface area contributed by atoms with E-state index < -0.39 is 0 Å². The minimum Gasteiger partial charge on any atom is -0.379 e. The number of rotatable bonds is 2. The number of anilines is 1. The second-order valence-corrected chi connectivity index (χ2v) is 6.44. The highest BCUT2D eigenvalue weighted by molar-refractivity contribution is 5.52. The van der Waals surface area contributed by atoms with Crippen LogP contribution in [-0.2, 0) is 0 Å². The molecule has 1 aromatic heterocycles. The molecule has 0 aromatic carbocycles. The van der Waals surface area contributed by atoms with Crippen molar-refractivity contribution in [2.75, 3.05) is 5.32 Å². The molecule has 17 heavy (non-hydrogen) atoms. The van der Waals surface area contributed by atoms with Crippen molar-refractivity contribution in [2.45, 2.75) is 59.9 Å². The molecule has 2 rings (SSSR count). The topological polar surface area (TPSA) is 40.7 Å². The van der Waals surface area contributed by atoms with Crippen molar-refractivity contribution in [3.8, 4) is 0 Å². The fourth-order valence-electron chi connectivity index (χ4n) is 3.11. The molecule has 1 fully saturated rings. The molecule has 0 aliphatic heterocycles. The fraction of sp³-hybridized carbons (Fsp3) is 0.786. The summed E-state index contributed by atoms with van der Waals surface area (Å²) in [5, 5.41) is 11.0. The van der Waals surface area contributed by atoms with E-state index in [0.717, 1.165) is 17.3 Å². The third-order valence-corrected chi connectivity index (χ3v) is 4.15. The molecule has 0 saturated heterocycles. The molecule has 0 spiro atoms. The molecule has 3 nitrogen and oxygen atoms in total. The Morgan fingerprint density at radius 1 is 1.35 bits per heavy atom. The Bertz CT molecular complexity index is 373. The first-order chi connectivity index (χ1) is 7.89. The quantitative estimate of drug-likeness (QED) is 0.821. The molecule has 1 saturated carbocycles. The summed E-state index contributed by atoms with van der Waals surface area (Å²) in [6.07, 6.45) is 3.88.